The summed E-state index contributed by atoms with van der Waals surface area (Å²) in [6.07, 6.45) is 20.1. The molecule has 4 aliphatic rings. The molecule has 0 amide bonds. The van der Waals surface area contributed by atoms with Crippen LogP contribution >= 0.6 is 7.60 Å². The number of unbranched alkanes of at least 4 members (excludes halogenated alkanes) is 3. The molecule has 0 aromatic carbocycles. The highest BCUT2D eigenvalue weighted by molar-refractivity contribution is 7.51. The van der Waals surface area contributed by atoms with Crippen LogP contribution in [0, 0.1) is 29.6 Å². The van der Waals surface area contributed by atoms with E-state index >= 15 is 0 Å². The summed E-state index contributed by atoms with van der Waals surface area (Å²) >= 11 is 0. The van der Waals surface area contributed by atoms with Crippen molar-refractivity contribution >= 4 is 25.2 Å². The number of rotatable bonds is 14. The molecular formula is C30H53N6O3P. The molecule has 5 rings (SSSR count). The fourth-order valence-electron chi connectivity index (χ4n) is 8.05. The molecule has 9 nitrogen and oxygen atoms in total. The van der Waals surface area contributed by atoms with Gasteiger partial charge in [-0.1, -0.05) is 57.8 Å². The van der Waals surface area contributed by atoms with Gasteiger partial charge >= 0.3 is 7.60 Å². The minimum absolute atomic E-state index is 0.0929. The van der Waals surface area contributed by atoms with Gasteiger partial charge in [0.2, 0.25) is 5.95 Å². The quantitative estimate of drug-likeness (QED) is 0.171. The smallest absolute Gasteiger partial charge is 0.326 e. The number of nitrogens with one attached hydrogen (secondary N) is 1. The molecule has 226 valence electrons. The maximum atomic E-state index is 11.2. The molecule has 3 saturated carbocycles. The summed E-state index contributed by atoms with van der Waals surface area (Å²) in [6.45, 7) is 4.31. The van der Waals surface area contributed by atoms with E-state index in [9.17, 15) is 4.57 Å². The summed E-state index contributed by atoms with van der Waals surface area (Å²) in [6, 6.07) is 1.82. The Bertz CT molecular complexity index is 976. The first-order chi connectivity index (χ1) is 19.3. The number of hydrogen-bond donors (Lipinski definition) is 4. The van der Waals surface area contributed by atoms with Gasteiger partial charge in [-0.3, -0.25) is 9.46 Å². The van der Waals surface area contributed by atoms with Crippen molar-refractivity contribution in [1.82, 2.24) is 14.9 Å². The zero-order valence-electron chi connectivity index (χ0n) is 24.4. The molecule has 2 heterocycles. The fourth-order valence-corrected chi connectivity index (χ4v) is 8.59. The van der Waals surface area contributed by atoms with Gasteiger partial charge in [-0.25, -0.2) is 0 Å². The predicted octanol–water partition coefficient (Wildman–Crippen LogP) is 5.35. The van der Waals surface area contributed by atoms with Crippen molar-refractivity contribution in [3.8, 4) is 0 Å². The Morgan fingerprint density at radius 3 is 2.30 bits per heavy atom. The van der Waals surface area contributed by atoms with E-state index < -0.39 is 7.60 Å². The topological polar surface area (TPSA) is 128 Å². The number of piperazine rings is 1. The standard InChI is InChI=1S/C30H53N6O3P/c31-28-21-29(36-15-13-35(14-16-36)17-18-40(37,38)39)34-30(33-28)32-22-24-9-7-23(8-10-24)5-3-1-2-4-6-26-19-25-11-12-27(26)20-25/h21,23-27H,1-20,22H2,(H2,37,38,39)(H3,31,32,33,34)/t23?,24?,25-,26?,27-/m0/s1. The summed E-state index contributed by atoms with van der Waals surface area (Å²) in [5, 5.41) is 3.47. The van der Waals surface area contributed by atoms with Gasteiger partial charge in [0, 0.05) is 45.3 Å². The molecule has 3 aliphatic carbocycles. The van der Waals surface area contributed by atoms with Crippen LogP contribution in [-0.2, 0) is 4.57 Å². The molecule has 1 aromatic heterocycles. The lowest BCUT2D eigenvalue weighted by atomic mass is 9.79. The van der Waals surface area contributed by atoms with Gasteiger partial charge in [-0.15, -0.1) is 0 Å². The second-order valence-electron chi connectivity index (χ2n) is 13.4. The van der Waals surface area contributed by atoms with Crippen molar-refractivity contribution in [3.63, 3.8) is 0 Å². The van der Waals surface area contributed by atoms with Crippen LogP contribution < -0.4 is 16.0 Å². The van der Waals surface area contributed by atoms with E-state index in [0.29, 0.717) is 24.2 Å². The van der Waals surface area contributed by atoms with Crippen LogP contribution in [0.3, 0.4) is 0 Å². The Balaban J connectivity index is 0.943. The van der Waals surface area contributed by atoms with Crippen molar-refractivity contribution in [2.75, 3.05) is 61.4 Å². The van der Waals surface area contributed by atoms with Gasteiger partial charge < -0.3 is 25.7 Å². The molecule has 0 spiro atoms. The van der Waals surface area contributed by atoms with Crippen LogP contribution in [0.2, 0.25) is 0 Å². The molecule has 1 unspecified atom stereocenters. The Morgan fingerprint density at radius 1 is 0.900 bits per heavy atom. The van der Waals surface area contributed by atoms with Gasteiger partial charge in [0.25, 0.3) is 0 Å². The number of anilines is 3. The van der Waals surface area contributed by atoms with Gasteiger partial charge in [-0.05, 0) is 61.7 Å². The zero-order chi connectivity index (χ0) is 28.0. The summed E-state index contributed by atoms with van der Waals surface area (Å²) < 4.78 is 11.2. The van der Waals surface area contributed by atoms with Gasteiger partial charge in [0.05, 0.1) is 6.16 Å². The van der Waals surface area contributed by atoms with Crippen LogP contribution in [0.25, 0.3) is 0 Å². The second kappa shape index (κ2) is 14.2. The normalized spacial score (nSPS) is 29.2. The maximum absolute atomic E-state index is 11.2. The maximum Gasteiger partial charge on any atom is 0.326 e. The first kappa shape index (κ1) is 30.1. The minimum atomic E-state index is -3.96. The van der Waals surface area contributed by atoms with Gasteiger partial charge in [0.15, 0.2) is 0 Å². The highest BCUT2D eigenvalue weighted by atomic mass is 31.2. The largest absolute Gasteiger partial charge is 0.383 e. The summed E-state index contributed by atoms with van der Waals surface area (Å²) in [5.41, 5.74) is 6.12. The molecule has 4 fully saturated rings. The fraction of sp³-hybridized carbons (Fsp3) is 0.867. The number of hydrogen-bond acceptors (Lipinski definition) is 7. The van der Waals surface area contributed by atoms with Crippen LogP contribution in [0.1, 0.15) is 89.9 Å². The van der Waals surface area contributed by atoms with Crippen molar-refractivity contribution in [2.24, 2.45) is 29.6 Å². The molecule has 2 bridgehead atoms. The van der Waals surface area contributed by atoms with Crippen molar-refractivity contribution in [1.29, 1.82) is 0 Å². The predicted molar refractivity (Wildman–Crippen MR) is 163 cm³/mol. The number of nitrogens with zero attached hydrogens (tertiary/aromatic N) is 4. The van der Waals surface area contributed by atoms with E-state index in [1.165, 1.54) is 77.0 Å². The highest BCUT2D eigenvalue weighted by Gasteiger charge is 2.38. The van der Waals surface area contributed by atoms with E-state index in [4.69, 9.17) is 20.5 Å². The Labute approximate surface area is 241 Å². The number of fused-ring (bicyclic) bond motifs is 2. The lowest BCUT2D eigenvalue weighted by Crippen LogP contribution is -2.47. The van der Waals surface area contributed by atoms with Crippen molar-refractivity contribution in [2.45, 2.75) is 89.9 Å². The summed E-state index contributed by atoms with van der Waals surface area (Å²) in [4.78, 5) is 31.7. The van der Waals surface area contributed by atoms with E-state index in [2.05, 4.69) is 20.1 Å². The minimum Gasteiger partial charge on any atom is -0.383 e. The number of nitrogens with two attached hydrogens (primary N) is 1. The van der Waals surface area contributed by atoms with Gasteiger partial charge in [-0.2, -0.15) is 9.97 Å². The Morgan fingerprint density at radius 2 is 1.62 bits per heavy atom. The monoisotopic (exact) mass is 576 g/mol. The Kier molecular flexibility index (Phi) is 10.7. The van der Waals surface area contributed by atoms with E-state index in [1.54, 1.807) is 12.8 Å². The Hall–Kier alpha value is -1.41. The molecule has 5 N–H and O–H groups in total. The van der Waals surface area contributed by atoms with Crippen LogP contribution in [0.15, 0.2) is 6.07 Å². The molecule has 3 atom stereocenters. The zero-order valence-corrected chi connectivity index (χ0v) is 25.3. The van der Waals surface area contributed by atoms with E-state index in [-0.39, 0.29) is 6.16 Å². The summed E-state index contributed by atoms with van der Waals surface area (Å²) in [5.74, 6) is 6.76. The lowest BCUT2D eigenvalue weighted by Gasteiger charge is -2.35. The molecule has 1 saturated heterocycles. The molecule has 0 radical (unpaired) electrons. The third-order valence-corrected chi connectivity index (χ3v) is 11.3. The van der Waals surface area contributed by atoms with Gasteiger partial charge in [0.1, 0.15) is 11.6 Å². The SMILES string of the molecule is Nc1cc(N2CCN(CCP(=O)(O)O)CC2)nc(NCC2CCC(CCCCCCC3C[C@@H]4CC[C@H]3C4)CC2)n1. The van der Waals surface area contributed by atoms with Crippen molar-refractivity contribution < 1.29 is 14.4 Å². The second-order valence-corrected chi connectivity index (χ2v) is 15.2. The number of nitrogen functional groups attached to an aromatic ring is 1. The first-order valence-electron chi connectivity index (χ1n) is 16.2. The van der Waals surface area contributed by atoms with E-state index in [1.807, 2.05) is 6.07 Å². The molecule has 10 heteroatoms. The van der Waals surface area contributed by atoms with E-state index in [0.717, 1.165) is 62.2 Å². The van der Waals surface area contributed by atoms with Crippen LogP contribution in [0.5, 0.6) is 0 Å². The summed E-state index contributed by atoms with van der Waals surface area (Å²) in [7, 11) is -3.96. The molecular weight excluding hydrogens is 523 g/mol. The third kappa shape index (κ3) is 9.04. The molecule has 40 heavy (non-hydrogen) atoms. The van der Waals surface area contributed by atoms with Crippen LogP contribution in [0.4, 0.5) is 17.6 Å². The number of aromatic nitrogens is 2. The van der Waals surface area contributed by atoms with Crippen LogP contribution in [-0.4, -0.2) is 70.1 Å². The van der Waals surface area contributed by atoms with Crippen molar-refractivity contribution in [3.05, 3.63) is 6.07 Å². The lowest BCUT2D eigenvalue weighted by molar-refractivity contribution is 0.263. The molecule has 1 aromatic rings. The average molecular weight is 577 g/mol. The third-order valence-electron chi connectivity index (χ3n) is 10.5. The average Bonchev–Trinajstić information content (AvgIpc) is 3.57. The molecule has 1 aliphatic heterocycles. The highest BCUT2D eigenvalue weighted by Crippen LogP contribution is 2.50. The first-order valence-corrected chi connectivity index (χ1v) is 18.0.